The highest BCUT2D eigenvalue weighted by atomic mass is 16.3. The summed E-state index contributed by atoms with van der Waals surface area (Å²) in [7, 11) is 0. The Kier molecular flexibility index (Phi) is 19.9. The summed E-state index contributed by atoms with van der Waals surface area (Å²) in [6, 6.07) is 60.9. The number of benzene rings is 9. The third-order valence-corrected chi connectivity index (χ3v) is 26.1. The van der Waals surface area contributed by atoms with Crippen molar-refractivity contribution in [2.45, 2.75) is 289 Å². The van der Waals surface area contributed by atoms with Crippen molar-refractivity contribution in [3.8, 4) is 44.5 Å². The second-order valence-corrected chi connectivity index (χ2v) is 33.5. The lowest BCUT2D eigenvalue weighted by Crippen LogP contribution is -2.27. The zero-order valence-corrected chi connectivity index (χ0v) is 63.5. The number of unbranched alkanes of at least 4 members (excludes halogenated alkanes) is 20. The molecule has 4 aliphatic carbocycles. The number of furan rings is 2. The van der Waals surface area contributed by atoms with Crippen molar-refractivity contribution in [2.24, 2.45) is 0 Å². The average molecular weight is 1340 g/mol. The van der Waals surface area contributed by atoms with E-state index in [1.807, 2.05) is 0 Å². The van der Waals surface area contributed by atoms with E-state index in [-0.39, 0.29) is 27.6 Å². The van der Waals surface area contributed by atoms with E-state index in [0.29, 0.717) is 0 Å². The molecule has 524 valence electrons. The summed E-state index contributed by atoms with van der Waals surface area (Å²) in [5.74, 6) is 0.248. The van der Waals surface area contributed by atoms with Gasteiger partial charge in [-0.25, -0.2) is 0 Å². The van der Waals surface area contributed by atoms with Crippen LogP contribution in [0.3, 0.4) is 0 Å². The van der Waals surface area contributed by atoms with Gasteiger partial charge in [-0.3, -0.25) is 0 Å². The minimum atomic E-state index is -0.273. The summed E-state index contributed by atoms with van der Waals surface area (Å²) < 4.78 is 14.1. The van der Waals surface area contributed by atoms with Crippen molar-refractivity contribution in [3.05, 3.63) is 224 Å². The highest BCUT2D eigenvalue weighted by Gasteiger charge is 2.51. The first-order valence-electron chi connectivity index (χ1n) is 40.9. The van der Waals surface area contributed by atoms with E-state index in [0.717, 1.165) is 35.2 Å². The molecule has 15 rings (SSSR count). The summed E-state index contributed by atoms with van der Waals surface area (Å²) in [6.45, 7) is 24.1. The van der Waals surface area contributed by atoms with Gasteiger partial charge in [0, 0.05) is 48.8 Å². The molecule has 2 nitrogen and oxygen atoms in total. The van der Waals surface area contributed by atoms with Crippen LogP contribution in [0.4, 0.5) is 0 Å². The Morgan fingerprint density at radius 3 is 1.48 bits per heavy atom. The Hall–Kier alpha value is -7.42. The third-order valence-electron chi connectivity index (χ3n) is 26.1. The SMILES string of the molecule is CCCCCCCCC1(CCCCCCCC)c2cc(C(Cc3ccc4c(c3)C(C)(C)c3c5c(c6c(oc7ccccc76)c3-4)-c3ccccc3C5(C)C)Cc3ccc(C)cc3C)ccc2-c2cc3c(cc21)-c1c(ccc2oc4ccccc4c12)C3(CCCCCCCC)CCCCCCCC. The maximum absolute atomic E-state index is 7.20. The molecular formula is C99H116O2. The van der Waals surface area contributed by atoms with E-state index >= 15 is 0 Å². The van der Waals surface area contributed by atoms with Crippen molar-refractivity contribution in [1.82, 2.24) is 0 Å². The number of para-hydroxylation sites is 2. The fourth-order valence-electron chi connectivity index (χ4n) is 20.8. The lowest BCUT2D eigenvalue weighted by molar-refractivity contribution is 0.394. The number of hydrogen-bond acceptors (Lipinski definition) is 2. The zero-order valence-electron chi connectivity index (χ0n) is 63.5. The van der Waals surface area contributed by atoms with Crippen molar-refractivity contribution in [2.75, 3.05) is 0 Å². The number of aryl methyl sites for hydroxylation is 2. The van der Waals surface area contributed by atoms with Crippen molar-refractivity contribution in [1.29, 1.82) is 0 Å². The molecule has 0 saturated heterocycles. The van der Waals surface area contributed by atoms with Gasteiger partial charge >= 0.3 is 0 Å². The molecule has 0 saturated carbocycles. The number of fused-ring (bicyclic) bond motifs is 22. The number of rotatable bonds is 33. The third kappa shape index (κ3) is 12.2. The molecule has 0 radical (unpaired) electrons. The highest BCUT2D eigenvalue weighted by Crippen LogP contribution is 2.66. The van der Waals surface area contributed by atoms with Crippen LogP contribution in [0.2, 0.25) is 0 Å². The largest absolute Gasteiger partial charge is 0.456 e. The van der Waals surface area contributed by atoms with E-state index < -0.39 is 0 Å². The Balaban J connectivity index is 0.902. The van der Waals surface area contributed by atoms with Gasteiger partial charge in [0.05, 0.1) is 0 Å². The minimum Gasteiger partial charge on any atom is -0.456 e. The molecule has 1 atom stereocenters. The summed E-state index contributed by atoms with van der Waals surface area (Å²) >= 11 is 0. The molecule has 0 aliphatic heterocycles. The Labute approximate surface area is 606 Å². The molecule has 2 heterocycles. The highest BCUT2D eigenvalue weighted by molar-refractivity contribution is 6.21. The van der Waals surface area contributed by atoms with Gasteiger partial charge in [-0.1, -0.05) is 336 Å². The van der Waals surface area contributed by atoms with Gasteiger partial charge < -0.3 is 8.83 Å². The lowest BCUT2D eigenvalue weighted by Gasteiger charge is -2.35. The molecule has 0 N–H and O–H groups in total. The molecule has 0 bridgehead atoms. The first-order chi connectivity index (χ1) is 49.3. The lowest BCUT2D eigenvalue weighted by atomic mass is 9.68. The summed E-state index contributed by atoms with van der Waals surface area (Å²) in [5, 5.41) is 5.10. The van der Waals surface area contributed by atoms with E-state index in [9.17, 15) is 0 Å². The predicted molar refractivity (Wildman–Crippen MR) is 433 cm³/mol. The van der Waals surface area contributed by atoms with Crippen molar-refractivity contribution in [3.63, 3.8) is 0 Å². The average Bonchev–Trinajstić information content (AvgIpc) is 1.51. The van der Waals surface area contributed by atoms with E-state index in [2.05, 4.69) is 221 Å². The van der Waals surface area contributed by atoms with E-state index in [4.69, 9.17) is 8.83 Å². The van der Waals surface area contributed by atoms with E-state index in [1.54, 1.807) is 27.8 Å². The van der Waals surface area contributed by atoms with Gasteiger partial charge in [-0.15, -0.1) is 0 Å². The molecule has 2 aromatic heterocycles. The van der Waals surface area contributed by atoms with Crippen molar-refractivity contribution >= 4 is 43.9 Å². The molecule has 9 aromatic carbocycles. The van der Waals surface area contributed by atoms with Gasteiger partial charge in [0.25, 0.3) is 0 Å². The smallest absolute Gasteiger partial charge is 0.144 e. The van der Waals surface area contributed by atoms with Crippen LogP contribution in [-0.2, 0) is 34.5 Å². The fourth-order valence-corrected chi connectivity index (χ4v) is 20.8. The van der Waals surface area contributed by atoms with Crippen LogP contribution in [0, 0.1) is 13.8 Å². The van der Waals surface area contributed by atoms with Gasteiger partial charge in [0.2, 0.25) is 0 Å². The standard InChI is InChI=1S/C99H116O2/c1-11-15-19-23-27-37-55-98(56-38-28-24-20-16-12-2)80-53-54-87-89(75-42-32-35-45-85(75)100-87)88(80)78-65-83-77(64-84(78)98)72-52-50-70(63-82(72)99(83,57-39-29-25-21-17-13-3)58-40-30-26-22-18-14-4)71(62-69-49-47-66(5)59-67(69)6)60-68-48-51-74-81(61-68)97(9,10)94-92(74)95-91(76-43-33-36-46-86(76)101-95)90-73-41-31-34-44-79(73)96(7,8)93(90)94/h31-36,41-54,59,61,63-65,71H,11-30,37-40,55-58,60,62H2,1-10H3. The predicted octanol–water partition coefficient (Wildman–Crippen LogP) is 29.8. The monoisotopic (exact) mass is 1340 g/mol. The molecule has 0 fully saturated rings. The van der Waals surface area contributed by atoms with Gasteiger partial charge in [0.1, 0.15) is 22.3 Å². The normalized spacial score (nSPS) is 15.5. The molecule has 11 aromatic rings. The van der Waals surface area contributed by atoms with Gasteiger partial charge in [-0.05, 0) is 194 Å². The van der Waals surface area contributed by atoms with Crippen LogP contribution >= 0.6 is 0 Å². The molecule has 2 heteroatoms. The van der Waals surface area contributed by atoms with Crippen LogP contribution in [0.25, 0.3) is 88.4 Å². The summed E-state index contributed by atoms with van der Waals surface area (Å²) in [4.78, 5) is 0. The molecule has 4 aliphatic rings. The Bertz CT molecular complexity index is 4800. The molecule has 0 spiro atoms. The second-order valence-electron chi connectivity index (χ2n) is 33.5. The van der Waals surface area contributed by atoms with Crippen LogP contribution < -0.4 is 0 Å². The maximum atomic E-state index is 7.20. The molecule has 1 unspecified atom stereocenters. The van der Waals surface area contributed by atoms with Gasteiger partial charge in [0.15, 0.2) is 0 Å². The molecule has 0 amide bonds. The fraction of sp³-hybridized carbons (Fsp3) is 0.455. The Morgan fingerprint density at radius 1 is 0.337 bits per heavy atom. The zero-order chi connectivity index (χ0) is 69.6. The number of hydrogen-bond donors (Lipinski definition) is 0. The van der Waals surface area contributed by atoms with Crippen LogP contribution in [0.15, 0.2) is 160 Å². The second kappa shape index (κ2) is 29.0. The maximum Gasteiger partial charge on any atom is 0.144 e. The van der Waals surface area contributed by atoms with Crippen LogP contribution in [0.5, 0.6) is 0 Å². The first-order valence-corrected chi connectivity index (χ1v) is 40.9. The van der Waals surface area contributed by atoms with E-state index in [1.165, 1.54) is 290 Å². The Morgan fingerprint density at radius 2 is 0.842 bits per heavy atom. The topological polar surface area (TPSA) is 26.3 Å². The van der Waals surface area contributed by atoms with Crippen molar-refractivity contribution < 1.29 is 8.83 Å². The summed E-state index contributed by atoms with van der Waals surface area (Å²) in [5.41, 5.74) is 34.2. The van der Waals surface area contributed by atoms with Crippen LogP contribution in [0.1, 0.15) is 313 Å². The molecular weight excluding hydrogens is 1220 g/mol. The van der Waals surface area contributed by atoms with Gasteiger partial charge in [-0.2, -0.15) is 0 Å². The molecule has 101 heavy (non-hydrogen) atoms. The first kappa shape index (κ1) is 69.3. The quantitative estimate of drug-likeness (QED) is 0.0383. The van der Waals surface area contributed by atoms with Crippen LogP contribution in [-0.4, -0.2) is 0 Å². The summed E-state index contributed by atoms with van der Waals surface area (Å²) in [6.07, 6.45) is 38.0. The minimum absolute atomic E-state index is 0.0756.